The lowest BCUT2D eigenvalue weighted by atomic mass is 10.1. The van der Waals surface area contributed by atoms with Gasteiger partial charge in [-0.1, -0.05) is 15.9 Å². The van der Waals surface area contributed by atoms with Gasteiger partial charge in [0.1, 0.15) is 5.01 Å². The summed E-state index contributed by atoms with van der Waals surface area (Å²) in [5, 5.41) is 0.854. The Morgan fingerprint density at radius 1 is 1.36 bits per heavy atom. The number of halogens is 1. The fourth-order valence-corrected chi connectivity index (χ4v) is 2.40. The molecule has 2 N–H and O–H groups in total. The van der Waals surface area contributed by atoms with Crippen LogP contribution in [-0.4, -0.2) is 9.36 Å². The molecule has 0 saturated heterocycles. The van der Waals surface area contributed by atoms with Gasteiger partial charge in [0.25, 0.3) is 0 Å². The van der Waals surface area contributed by atoms with Gasteiger partial charge >= 0.3 is 0 Å². The quantitative estimate of drug-likeness (QED) is 0.866. The van der Waals surface area contributed by atoms with Gasteiger partial charge in [-0.25, -0.2) is 0 Å². The van der Waals surface area contributed by atoms with Crippen LogP contribution in [0.2, 0.25) is 0 Å². The van der Waals surface area contributed by atoms with Gasteiger partial charge in [0, 0.05) is 10.0 Å². The van der Waals surface area contributed by atoms with Crippen molar-refractivity contribution in [2.75, 3.05) is 5.73 Å². The SMILES string of the molecule is Cc1cc(Br)cc(-c2nc(N)ns2)c1. The number of nitrogens with two attached hydrogens (primary N) is 1. The Kier molecular flexibility index (Phi) is 2.52. The van der Waals surface area contributed by atoms with Crippen LogP contribution in [0.5, 0.6) is 0 Å². The van der Waals surface area contributed by atoms with Gasteiger partial charge in [-0.05, 0) is 42.2 Å². The van der Waals surface area contributed by atoms with Crippen molar-refractivity contribution >= 4 is 33.4 Å². The van der Waals surface area contributed by atoms with Crippen molar-refractivity contribution in [3.63, 3.8) is 0 Å². The summed E-state index contributed by atoms with van der Waals surface area (Å²) in [4.78, 5) is 4.13. The maximum absolute atomic E-state index is 5.47. The average molecular weight is 270 g/mol. The maximum Gasteiger partial charge on any atom is 0.232 e. The molecule has 1 heterocycles. The third-order valence-corrected chi connectivity index (χ3v) is 2.97. The zero-order chi connectivity index (χ0) is 10.1. The largest absolute Gasteiger partial charge is 0.367 e. The summed E-state index contributed by atoms with van der Waals surface area (Å²) in [5.41, 5.74) is 7.70. The molecule has 0 unspecified atom stereocenters. The van der Waals surface area contributed by atoms with E-state index in [0.29, 0.717) is 5.95 Å². The van der Waals surface area contributed by atoms with Gasteiger partial charge in [-0.3, -0.25) is 0 Å². The molecule has 0 saturated carbocycles. The molecular weight excluding hydrogens is 262 g/mol. The predicted molar refractivity (Wildman–Crippen MR) is 62.2 cm³/mol. The number of hydrogen-bond donors (Lipinski definition) is 1. The van der Waals surface area contributed by atoms with Crippen molar-refractivity contribution in [2.24, 2.45) is 0 Å². The van der Waals surface area contributed by atoms with E-state index in [1.165, 1.54) is 17.1 Å². The fourth-order valence-electron chi connectivity index (χ4n) is 1.21. The summed E-state index contributed by atoms with van der Waals surface area (Å²) < 4.78 is 4.99. The molecule has 1 aromatic heterocycles. The highest BCUT2D eigenvalue weighted by Crippen LogP contribution is 2.26. The van der Waals surface area contributed by atoms with E-state index < -0.39 is 0 Å². The van der Waals surface area contributed by atoms with E-state index in [9.17, 15) is 0 Å². The third-order valence-electron chi connectivity index (χ3n) is 1.73. The first-order valence-electron chi connectivity index (χ1n) is 4.02. The Hall–Kier alpha value is -0.940. The smallest absolute Gasteiger partial charge is 0.232 e. The van der Waals surface area contributed by atoms with Crippen LogP contribution < -0.4 is 5.73 Å². The Balaban J connectivity index is 2.51. The molecule has 0 amide bonds. The Labute approximate surface area is 94.3 Å². The van der Waals surface area contributed by atoms with Gasteiger partial charge in [-0.15, -0.1) is 0 Å². The lowest BCUT2D eigenvalue weighted by Crippen LogP contribution is -1.86. The van der Waals surface area contributed by atoms with E-state index in [0.717, 1.165) is 15.0 Å². The van der Waals surface area contributed by atoms with E-state index in [4.69, 9.17) is 5.73 Å². The van der Waals surface area contributed by atoms with Gasteiger partial charge < -0.3 is 5.73 Å². The van der Waals surface area contributed by atoms with E-state index in [1.54, 1.807) is 0 Å². The topological polar surface area (TPSA) is 51.8 Å². The van der Waals surface area contributed by atoms with E-state index in [2.05, 4.69) is 31.4 Å². The molecule has 14 heavy (non-hydrogen) atoms. The summed E-state index contributed by atoms with van der Waals surface area (Å²) in [6.07, 6.45) is 0. The first-order valence-corrected chi connectivity index (χ1v) is 5.58. The molecule has 72 valence electrons. The van der Waals surface area contributed by atoms with Crippen molar-refractivity contribution < 1.29 is 0 Å². The minimum absolute atomic E-state index is 0.336. The number of nitrogens with zero attached hydrogens (tertiary/aromatic N) is 2. The lowest BCUT2D eigenvalue weighted by Gasteiger charge is -1.99. The predicted octanol–water partition coefficient (Wildman–Crippen LogP) is 2.86. The van der Waals surface area contributed by atoms with Crippen LogP contribution in [0.1, 0.15) is 5.56 Å². The highest BCUT2D eigenvalue weighted by molar-refractivity contribution is 9.10. The van der Waals surface area contributed by atoms with Crippen molar-refractivity contribution in [2.45, 2.75) is 6.92 Å². The zero-order valence-electron chi connectivity index (χ0n) is 7.49. The Bertz CT molecular complexity index is 447. The Morgan fingerprint density at radius 2 is 2.14 bits per heavy atom. The number of hydrogen-bond acceptors (Lipinski definition) is 4. The molecule has 0 fully saturated rings. The minimum Gasteiger partial charge on any atom is -0.367 e. The van der Waals surface area contributed by atoms with Crippen LogP contribution >= 0.6 is 27.5 Å². The van der Waals surface area contributed by atoms with Crippen LogP contribution in [-0.2, 0) is 0 Å². The number of nitrogen functional groups attached to an aromatic ring is 1. The molecule has 0 aliphatic carbocycles. The highest BCUT2D eigenvalue weighted by Gasteiger charge is 2.05. The number of benzene rings is 1. The number of aryl methyl sites for hydroxylation is 1. The standard InChI is InChI=1S/C9H8BrN3S/c1-5-2-6(4-7(10)3-5)8-12-9(11)13-14-8/h2-4H,1H3,(H2,11,13). The van der Waals surface area contributed by atoms with Crippen LogP contribution in [0, 0.1) is 6.92 Å². The zero-order valence-corrected chi connectivity index (χ0v) is 9.89. The van der Waals surface area contributed by atoms with Gasteiger partial charge in [0.2, 0.25) is 5.95 Å². The molecular formula is C9H8BrN3S. The first-order chi connectivity index (χ1) is 6.65. The van der Waals surface area contributed by atoms with Crippen molar-refractivity contribution in [1.82, 2.24) is 9.36 Å². The van der Waals surface area contributed by atoms with Crippen molar-refractivity contribution in [1.29, 1.82) is 0 Å². The highest BCUT2D eigenvalue weighted by atomic mass is 79.9. The molecule has 5 heteroatoms. The van der Waals surface area contributed by atoms with Gasteiger partial charge in [-0.2, -0.15) is 9.36 Å². The Morgan fingerprint density at radius 3 is 2.71 bits per heavy atom. The maximum atomic E-state index is 5.47. The molecule has 1 aromatic carbocycles. The summed E-state index contributed by atoms with van der Waals surface area (Å²) in [5.74, 6) is 0.336. The molecule has 0 aliphatic heterocycles. The van der Waals surface area contributed by atoms with Crippen LogP contribution in [0.4, 0.5) is 5.95 Å². The van der Waals surface area contributed by atoms with E-state index in [1.807, 2.05) is 19.1 Å². The summed E-state index contributed by atoms with van der Waals surface area (Å²) in [7, 11) is 0. The number of aromatic nitrogens is 2. The molecule has 2 rings (SSSR count). The molecule has 2 aromatic rings. The average Bonchev–Trinajstić information content (AvgIpc) is 2.50. The molecule has 0 atom stereocenters. The second-order valence-corrected chi connectivity index (χ2v) is 4.64. The molecule has 0 radical (unpaired) electrons. The third kappa shape index (κ3) is 1.93. The van der Waals surface area contributed by atoms with E-state index in [-0.39, 0.29) is 0 Å². The molecule has 0 bridgehead atoms. The number of anilines is 1. The molecule has 3 nitrogen and oxygen atoms in total. The number of rotatable bonds is 1. The lowest BCUT2D eigenvalue weighted by molar-refractivity contribution is 1.33. The summed E-state index contributed by atoms with van der Waals surface area (Å²) >= 11 is 4.76. The molecule has 0 spiro atoms. The second-order valence-electron chi connectivity index (χ2n) is 2.97. The first kappa shape index (κ1) is 9.61. The summed E-state index contributed by atoms with van der Waals surface area (Å²) in [6.45, 7) is 2.04. The van der Waals surface area contributed by atoms with Crippen molar-refractivity contribution in [3.8, 4) is 10.6 Å². The van der Waals surface area contributed by atoms with Gasteiger partial charge in [0.15, 0.2) is 0 Å². The van der Waals surface area contributed by atoms with Crippen LogP contribution in [0.3, 0.4) is 0 Å². The van der Waals surface area contributed by atoms with Gasteiger partial charge in [0.05, 0.1) is 0 Å². The van der Waals surface area contributed by atoms with Crippen molar-refractivity contribution in [3.05, 3.63) is 28.2 Å². The monoisotopic (exact) mass is 269 g/mol. The van der Waals surface area contributed by atoms with Crippen LogP contribution in [0.25, 0.3) is 10.6 Å². The normalized spacial score (nSPS) is 10.4. The van der Waals surface area contributed by atoms with Crippen LogP contribution in [0.15, 0.2) is 22.7 Å². The molecule has 0 aliphatic rings. The fraction of sp³-hybridized carbons (Fsp3) is 0.111. The second kappa shape index (κ2) is 3.67. The summed E-state index contributed by atoms with van der Waals surface area (Å²) in [6, 6.07) is 6.12. The van der Waals surface area contributed by atoms with E-state index >= 15 is 0 Å². The minimum atomic E-state index is 0.336.